The highest BCUT2D eigenvalue weighted by molar-refractivity contribution is 6.31. The van der Waals surface area contributed by atoms with E-state index in [0.29, 0.717) is 17.4 Å². The number of hydrogen-bond acceptors (Lipinski definition) is 2. The molecule has 1 aliphatic heterocycles. The van der Waals surface area contributed by atoms with Crippen molar-refractivity contribution in [3.63, 3.8) is 0 Å². The van der Waals surface area contributed by atoms with Crippen LogP contribution in [0.4, 0.5) is 0 Å². The molecule has 0 amide bonds. The van der Waals surface area contributed by atoms with Crippen molar-refractivity contribution in [3.8, 4) is 5.75 Å². The smallest absolute Gasteiger partial charge is 0.138 e. The van der Waals surface area contributed by atoms with Crippen LogP contribution in [0.25, 0.3) is 0 Å². The Morgan fingerprint density at radius 3 is 3.25 bits per heavy atom. The highest BCUT2D eigenvalue weighted by Gasteiger charge is 2.23. The summed E-state index contributed by atoms with van der Waals surface area (Å²) in [5.74, 6) is 0.676. The molecule has 1 radical (unpaired) electrons. The van der Waals surface area contributed by atoms with Crippen molar-refractivity contribution in [2.75, 3.05) is 13.2 Å². The molecule has 1 aliphatic rings. The van der Waals surface area contributed by atoms with Gasteiger partial charge in [0.1, 0.15) is 18.5 Å². The Morgan fingerprint density at radius 1 is 1.75 bits per heavy atom. The van der Waals surface area contributed by atoms with Crippen LogP contribution in [-0.4, -0.2) is 19.3 Å². The van der Waals surface area contributed by atoms with Crippen molar-refractivity contribution < 1.29 is 9.47 Å². The third-order valence-electron chi connectivity index (χ3n) is 1.60. The van der Waals surface area contributed by atoms with Gasteiger partial charge < -0.3 is 9.47 Å². The van der Waals surface area contributed by atoms with Gasteiger partial charge in [-0.15, -0.1) is 0 Å². The fourth-order valence-electron chi connectivity index (χ4n) is 0.860. The second-order valence-electron chi connectivity index (χ2n) is 2.61. The number of halogens is 1. The molecule has 0 saturated carbocycles. The first-order valence-electron chi connectivity index (χ1n) is 3.77. The standard InChI is InChI=1S/C9H8ClO2/c10-8-3-1-2-4-9(8)12-6-7-5-11-7/h1-2,4,7H,5-6H2. The Balaban J connectivity index is 1.96. The predicted molar refractivity (Wildman–Crippen MR) is 45.5 cm³/mol. The molecule has 1 unspecified atom stereocenters. The Kier molecular flexibility index (Phi) is 2.19. The highest BCUT2D eigenvalue weighted by Crippen LogP contribution is 2.23. The first kappa shape index (κ1) is 7.90. The molecule has 1 fully saturated rings. The zero-order chi connectivity index (χ0) is 8.39. The molecule has 2 nitrogen and oxygen atoms in total. The van der Waals surface area contributed by atoms with Gasteiger partial charge in [-0.2, -0.15) is 0 Å². The molecule has 3 heteroatoms. The van der Waals surface area contributed by atoms with Crippen LogP contribution in [0, 0.1) is 6.07 Å². The lowest BCUT2D eigenvalue weighted by Crippen LogP contribution is -2.04. The van der Waals surface area contributed by atoms with Gasteiger partial charge in [-0.05, 0) is 6.07 Å². The lowest BCUT2D eigenvalue weighted by molar-refractivity contribution is 0.263. The number of hydrogen-bond donors (Lipinski definition) is 0. The molecule has 0 aromatic heterocycles. The molecule has 63 valence electrons. The summed E-state index contributed by atoms with van der Waals surface area (Å²) >= 11 is 5.81. The van der Waals surface area contributed by atoms with E-state index >= 15 is 0 Å². The average Bonchev–Trinajstić information content (AvgIpc) is 2.86. The van der Waals surface area contributed by atoms with E-state index in [2.05, 4.69) is 6.07 Å². The Labute approximate surface area is 76.1 Å². The maximum Gasteiger partial charge on any atom is 0.138 e. The monoisotopic (exact) mass is 183 g/mol. The minimum atomic E-state index is 0.265. The first-order valence-corrected chi connectivity index (χ1v) is 4.14. The number of epoxide rings is 1. The topological polar surface area (TPSA) is 21.8 Å². The summed E-state index contributed by atoms with van der Waals surface area (Å²) in [4.78, 5) is 0. The van der Waals surface area contributed by atoms with Crippen LogP contribution in [-0.2, 0) is 4.74 Å². The van der Waals surface area contributed by atoms with E-state index in [4.69, 9.17) is 21.1 Å². The van der Waals surface area contributed by atoms with Gasteiger partial charge in [0.05, 0.1) is 11.6 Å². The van der Waals surface area contributed by atoms with E-state index in [1.54, 1.807) is 6.07 Å². The van der Waals surface area contributed by atoms with Crippen LogP contribution in [0.15, 0.2) is 18.2 Å². The quantitative estimate of drug-likeness (QED) is 0.668. The molecular formula is C9H8ClO2. The largest absolute Gasteiger partial charge is 0.489 e. The third kappa shape index (κ3) is 1.90. The maximum absolute atomic E-state index is 5.81. The zero-order valence-corrected chi connectivity index (χ0v) is 7.17. The second-order valence-corrected chi connectivity index (χ2v) is 2.99. The third-order valence-corrected chi connectivity index (χ3v) is 1.89. The van der Waals surface area contributed by atoms with Gasteiger partial charge in [0.25, 0.3) is 0 Å². The normalized spacial score (nSPS) is 20.6. The molecule has 0 N–H and O–H groups in total. The molecule has 1 saturated heterocycles. The Morgan fingerprint density at radius 2 is 2.58 bits per heavy atom. The Hall–Kier alpha value is -0.730. The summed E-state index contributed by atoms with van der Waals surface area (Å²) in [7, 11) is 0. The SMILES string of the molecule is Clc1[c]cccc1OCC1CO1. The van der Waals surface area contributed by atoms with E-state index in [0.717, 1.165) is 6.61 Å². The summed E-state index contributed by atoms with van der Waals surface area (Å²) in [5.41, 5.74) is 0. The number of rotatable bonds is 3. The Bertz CT molecular complexity index is 271. The maximum atomic E-state index is 5.81. The molecular weight excluding hydrogens is 176 g/mol. The molecule has 1 atom stereocenters. The van der Waals surface area contributed by atoms with Gasteiger partial charge in [0.15, 0.2) is 0 Å². The second kappa shape index (κ2) is 3.33. The molecule has 2 rings (SSSR count). The molecule has 1 aromatic carbocycles. The molecule has 1 aromatic rings. The van der Waals surface area contributed by atoms with Gasteiger partial charge >= 0.3 is 0 Å². The summed E-state index contributed by atoms with van der Waals surface area (Å²) in [6.07, 6.45) is 0.265. The van der Waals surface area contributed by atoms with Crippen molar-refractivity contribution in [2.45, 2.75) is 6.10 Å². The van der Waals surface area contributed by atoms with Crippen LogP contribution >= 0.6 is 11.6 Å². The van der Waals surface area contributed by atoms with E-state index in [9.17, 15) is 0 Å². The van der Waals surface area contributed by atoms with E-state index in [-0.39, 0.29) is 6.10 Å². The fraction of sp³-hybridized carbons (Fsp3) is 0.333. The van der Waals surface area contributed by atoms with E-state index in [1.165, 1.54) is 0 Å². The van der Waals surface area contributed by atoms with Crippen molar-refractivity contribution in [1.29, 1.82) is 0 Å². The summed E-state index contributed by atoms with van der Waals surface area (Å²) < 4.78 is 10.4. The van der Waals surface area contributed by atoms with Gasteiger partial charge in [-0.25, -0.2) is 0 Å². The van der Waals surface area contributed by atoms with Crippen LogP contribution in [0.2, 0.25) is 5.02 Å². The van der Waals surface area contributed by atoms with E-state index in [1.807, 2.05) is 12.1 Å². The minimum absolute atomic E-state index is 0.265. The van der Waals surface area contributed by atoms with Crippen molar-refractivity contribution in [1.82, 2.24) is 0 Å². The molecule has 12 heavy (non-hydrogen) atoms. The molecule has 0 spiro atoms. The van der Waals surface area contributed by atoms with Gasteiger partial charge in [0.2, 0.25) is 0 Å². The van der Waals surface area contributed by atoms with E-state index < -0.39 is 0 Å². The van der Waals surface area contributed by atoms with Gasteiger partial charge in [-0.1, -0.05) is 23.7 Å². The summed E-state index contributed by atoms with van der Waals surface area (Å²) in [6.45, 7) is 1.38. The van der Waals surface area contributed by atoms with Gasteiger partial charge in [-0.3, -0.25) is 0 Å². The van der Waals surface area contributed by atoms with Crippen LogP contribution < -0.4 is 4.74 Å². The molecule has 0 bridgehead atoms. The number of benzene rings is 1. The van der Waals surface area contributed by atoms with Crippen LogP contribution in [0.3, 0.4) is 0 Å². The van der Waals surface area contributed by atoms with Crippen molar-refractivity contribution in [3.05, 3.63) is 29.3 Å². The lowest BCUT2D eigenvalue weighted by atomic mass is 10.3. The fourth-order valence-corrected chi connectivity index (χ4v) is 1.04. The summed E-state index contributed by atoms with van der Waals surface area (Å²) in [6, 6.07) is 8.26. The summed E-state index contributed by atoms with van der Waals surface area (Å²) in [5, 5.41) is 0.526. The predicted octanol–water partition coefficient (Wildman–Crippen LogP) is 1.92. The van der Waals surface area contributed by atoms with Crippen LogP contribution in [0.5, 0.6) is 5.75 Å². The van der Waals surface area contributed by atoms with Crippen LogP contribution in [0.1, 0.15) is 0 Å². The molecule has 1 heterocycles. The minimum Gasteiger partial charge on any atom is -0.489 e. The van der Waals surface area contributed by atoms with Crippen molar-refractivity contribution in [2.24, 2.45) is 0 Å². The molecule has 0 aliphatic carbocycles. The zero-order valence-electron chi connectivity index (χ0n) is 6.42. The van der Waals surface area contributed by atoms with Gasteiger partial charge in [0, 0.05) is 6.07 Å². The van der Waals surface area contributed by atoms with Crippen molar-refractivity contribution >= 4 is 11.6 Å². The number of ether oxygens (including phenoxy) is 2. The first-order chi connectivity index (χ1) is 5.86. The average molecular weight is 184 g/mol. The highest BCUT2D eigenvalue weighted by atomic mass is 35.5. The lowest BCUT2D eigenvalue weighted by Gasteiger charge is -2.04.